The number of anilines is 1. The van der Waals surface area contributed by atoms with E-state index in [0.29, 0.717) is 6.42 Å². The number of carbonyl (C=O) groups excluding carboxylic acids is 1. The molecule has 122 valence electrons. The molecule has 0 aromatic heterocycles. The van der Waals surface area contributed by atoms with E-state index in [4.69, 9.17) is 4.74 Å². The summed E-state index contributed by atoms with van der Waals surface area (Å²) in [5, 5.41) is 5.83. The maximum Gasteiger partial charge on any atom is 0.141 e. The van der Waals surface area contributed by atoms with Crippen molar-refractivity contribution in [3.63, 3.8) is 0 Å². The Hall–Kier alpha value is -2.81. The van der Waals surface area contributed by atoms with Crippen LogP contribution in [0.4, 0.5) is 5.69 Å². The molecule has 0 amide bonds. The fourth-order valence-corrected chi connectivity index (χ4v) is 2.92. The summed E-state index contributed by atoms with van der Waals surface area (Å²) in [4.78, 5) is 11.8. The van der Waals surface area contributed by atoms with Crippen molar-refractivity contribution >= 4 is 22.2 Å². The first kappa shape index (κ1) is 16.1. The van der Waals surface area contributed by atoms with Crippen molar-refractivity contribution in [2.45, 2.75) is 19.4 Å². The van der Waals surface area contributed by atoms with Gasteiger partial charge >= 0.3 is 0 Å². The number of rotatable bonds is 6. The van der Waals surface area contributed by atoms with E-state index in [1.54, 1.807) is 14.0 Å². The van der Waals surface area contributed by atoms with Gasteiger partial charge in [0.15, 0.2) is 0 Å². The SMILES string of the molecule is COc1ccccc1NC(CC(C)=O)c1ccc2ccccc2c1. The highest BCUT2D eigenvalue weighted by molar-refractivity contribution is 5.84. The lowest BCUT2D eigenvalue weighted by molar-refractivity contribution is -0.117. The van der Waals surface area contributed by atoms with Gasteiger partial charge in [-0.05, 0) is 41.5 Å². The first-order chi connectivity index (χ1) is 11.7. The number of Topliss-reactive ketones (excluding diaryl/α,β-unsaturated/α-hetero) is 1. The topological polar surface area (TPSA) is 38.3 Å². The first-order valence-corrected chi connectivity index (χ1v) is 8.05. The van der Waals surface area contributed by atoms with E-state index in [-0.39, 0.29) is 11.8 Å². The predicted molar refractivity (Wildman–Crippen MR) is 98.6 cm³/mol. The lowest BCUT2D eigenvalue weighted by Gasteiger charge is -2.21. The predicted octanol–water partition coefficient (Wildman–Crippen LogP) is 4.98. The number of fused-ring (bicyclic) bond motifs is 1. The van der Waals surface area contributed by atoms with Crippen LogP contribution in [0.25, 0.3) is 10.8 Å². The molecule has 3 aromatic carbocycles. The molecule has 1 N–H and O–H groups in total. The zero-order chi connectivity index (χ0) is 16.9. The Balaban J connectivity index is 1.97. The third kappa shape index (κ3) is 3.57. The van der Waals surface area contributed by atoms with Crippen molar-refractivity contribution in [1.82, 2.24) is 0 Å². The van der Waals surface area contributed by atoms with Crippen molar-refractivity contribution in [2.24, 2.45) is 0 Å². The molecule has 3 nitrogen and oxygen atoms in total. The van der Waals surface area contributed by atoms with E-state index in [0.717, 1.165) is 17.0 Å². The fourth-order valence-electron chi connectivity index (χ4n) is 2.92. The van der Waals surface area contributed by atoms with Crippen molar-refractivity contribution in [1.29, 1.82) is 0 Å². The second kappa shape index (κ2) is 7.18. The summed E-state index contributed by atoms with van der Waals surface area (Å²) in [6, 6.07) is 22.2. The first-order valence-electron chi connectivity index (χ1n) is 8.05. The number of nitrogens with one attached hydrogen (secondary N) is 1. The molecular formula is C21H21NO2. The van der Waals surface area contributed by atoms with Crippen LogP contribution in [0.5, 0.6) is 5.75 Å². The zero-order valence-electron chi connectivity index (χ0n) is 14.0. The van der Waals surface area contributed by atoms with Crippen LogP contribution in [0, 0.1) is 0 Å². The standard InChI is InChI=1S/C21H21NO2/c1-15(23)13-20(22-19-9-5-6-10-21(19)24-2)18-12-11-16-7-3-4-8-17(16)14-18/h3-12,14,20,22H,13H2,1-2H3. The van der Waals surface area contributed by atoms with E-state index in [2.05, 4.69) is 35.6 Å². The second-order valence-electron chi connectivity index (χ2n) is 5.91. The molecule has 0 aliphatic heterocycles. The van der Waals surface area contributed by atoms with Crippen LogP contribution < -0.4 is 10.1 Å². The van der Waals surface area contributed by atoms with Gasteiger partial charge < -0.3 is 10.1 Å². The minimum absolute atomic E-state index is 0.0941. The van der Waals surface area contributed by atoms with Crippen LogP contribution in [0.15, 0.2) is 66.7 Å². The summed E-state index contributed by atoms with van der Waals surface area (Å²) in [6.07, 6.45) is 0.427. The minimum atomic E-state index is -0.0941. The van der Waals surface area contributed by atoms with Gasteiger partial charge in [-0.2, -0.15) is 0 Å². The number of para-hydroxylation sites is 2. The monoisotopic (exact) mass is 319 g/mol. The molecule has 0 spiro atoms. The third-order valence-electron chi connectivity index (χ3n) is 4.10. The van der Waals surface area contributed by atoms with Crippen molar-refractivity contribution < 1.29 is 9.53 Å². The molecule has 0 fully saturated rings. The molecule has 0 radical (unpaired) electrons. The third-order valence-corrected chi connectivity index (χ3v) is 4.10. The molecule has 24 heavy (non-hydrogen) atoms. The van der Waals surface area contributed by atoms with Gasteiger partial charge in [0.05, 0.1) is 18.8 Å². The molecule has 0 saturated heterocycles. The molecule has 3 rings (SSSR count). The Kier molecular flexibility index (Phi) is 4.80. The van der Waals surface area contributed by atoms with Crippen LogP contribution in [0.3, 0.4) is 0 Å². The molecule has 1 atom stereocenters. The van der Waals surface area contributed by atoms with Crippen LogP contribution in [0.1, 0.15) is 24.9 Å². The van der Waals surface area contributed by atoms with Crippen LogP contribution in [-0.2, 0) is 4.79 Å². The number of hydrogen-bond acceptors (Lipinski definition) is 3. The largest absolute Gasteiger partial charge is 0.495 e. The van der Waals surface area contributed by atoms with Crippen molar-refractivity contribution in [3.05, 3.63) is 72.3 Å². The van der Waals surface area contributed by atoms with E-state index < -0.39 is 0 Å². The molecule has 0 bridgehead atoms. The van der Waals surface area contributed by atoms with E-state index in [1.165, 1.54) is 10.8 Å². The van der Waals surface area contributed by atoms with Gasteiger partial charge in [-0.3, -0.25) is 4.79 Å². The van der Waals surface area contributed by atoms with E-state index >= 15 is 0 Å². The minimum Gasteiger partial charge on any atom is -0.495 e. The highest BCUT2D eigenvalue weighted by Gasteiger charge is 2.16. The van der Waals surface area contributed by atoms with Gasteiger partial charge in [-0.1, -0.05) is 48.5 Å². The van der Waals surface area contributed by atoms with Gasteiger partial charge in [-0.25, -0.2) is 0 Å². The quantitative estimate of drug-likeness (QED) is 0.696. The van der Waals surface area contributed by atoms with Crippen LogP contribution in [0.2, 0.25) is 0 Å². The van der Waals surface area contributed by atoms with Crippen LogP contribution in [-0.4, -0.2) is 12.9 Å². The number of benzene rings is 3. The maximum absolute atomic E-state index is 11.8. The fraction of sp³-hybridized carbons (Fsp3) is 0.190. The van der Waals surface area contributed by atoms with Crippen molar-refractivity contribution in [2.75, 3.05) is 12.4 Å². The van der Waals surface area contributed by atoms with Gasteiger partial charge in [0.1, 0.15) is 11.5 Å². The molecular weight excluding hydrogens is 298 g/mol. The summed E-state index contributed by atoms with van der Waals surface area (Å²) in [6.45, 7) is 1.62. The Labute approximate surface area is 142 Å². The Bertz CT molecular complexity index is 857. The average Bonchev–Trinajstić information content (AvgIpc) is 2.61. The second-order valence-corrected chi connectivity index (χ2v) is 5.91. The van der Waals surface area contributed by atoms with Gasteiger partial charge in [-0.15, -0.1) is 0 Å². The number of hydrogen-bond donors (Lipinski definition) is 1. The summed E-state index contributed by atoms with van der Waals surface area (Å²) in [5.74, 6) is 0.919. The van der Waals surface area contributed by atoms with E-state index in [9.17, 15) is 4.79 Å². The number of ketones is 1. The smallest absolute Gasteiger partial charge is 0.141 e. The normalized spacial score (nSPS) is 11.9. The van der Waals surface area contributed by atoms with Gasteiger partial charge in [0.2, 0.25) is 0 Å². The molecule has 0 heterocycles. The molecule has 0 saturated carbocycles. The molecule has 0 aliphatic rings. The Morgan fingerprint density at radius 2 is 1.71 bits per heavy atom. The highest BCUT2D eigenvalue weighted by Crippen LogP contribution is 2.31. The molecule has 0 aliphatic carbocycles. The molecule has 1 unspecified atom stereocenters. The number of methoxy groups -OCH3 is 1. The average molecular weight is 319 g/mol. The highest BCUT2D eigenvalue weighted by atomic mass is 16.5. The van der Waals surface area contributed by atoms with Crippen LogP contribution >= 0.6 is 0 Å². The lowest BCUT2D eigenvalue weighted by atomic mass is 9.98. The Morgan fingerprint density at radius 1 is 1.00 bits per heavy atom. The molecule has 3 aromatic rings. The van der Waals surface area contributed by atoms with Crippen molar-refractivity contribution in [3.8, 4) is 5.75 Å². The van der Waals surface area contributed by atoms with Gasteiger partial charge in [0, 0.05) is 6.42 Å². The molecule has 3 heteroatoms. The summed E-state index contributed by atoms with van der Waals surface area (Å²) < 4.78 is 5.41. The summed E-state index contributed by atoms with van der Waals surface area (Å²) >= 11 is 0. The number of ether oxygens (including phenoxy) is 1. The number of carbonyl (C=O) groups is 1. The summed E-state index contributed by atoms with van der Waals surface area (Å²) in [7, 11) is 1.65. The van der Waals surface area contributed by atoms with Gasteiger partial charge in [0.25, 0.3) is 0 Å². The Morgan fingerprint density at radius 3 is 2.46 bits per heavy atom. The zero-order valence-corrected chi connectivity index (χ0v) is 14.0. The lowest BCUT2D eigenvalue weighted by Crippen LogP contribution is -2.14. The maximum atomic E-state index is 11.8. The van der Waals surface area contributed by atoms with E-state index in [1.807, 2.05) is 36.4 Å². The summed E-state index contributed by atoms with van der Waals surface area (Å²) in [5.41, 5.74) is 1.98.